The zero-order chi connectivity index (χ0) is 19.1. The number of halogens is 3. The molecule has 1 fully saturated rings. The Morgan fingerprint density at radius 1 is 1.26 bits per heavy atom. The number of rotatable bonds is 5. The van der Waals surface area contributed by atoms with Gasteiger partial charge in [0.1, 0.15) is 5.75 Å². The Morgan fingerprint density at radius 2 is 2.07 bits per heavy atom. The Bertz CT molecular complexity index is 818. The van der Waals surface area contributed by atoms with Crippen LogP contribution >= 0.6 is 0 Å². The van der Waals surface area contributed by atoms with Crippen molar-refractivity contribution < 1.29 is 22.6 Å². The number of hydrogen-bond acceptors (Lipinski definition) is 7. The summed E-state index contributed by atoms with van der Waals surface area (Å²) in [6.45, 7) is 1.18. The first-order chi connectivity index (χ1) is 12.9. The van der Waals surface area contributed by atoms with E-state index in [0.29, 0.717) is 32.2 Å². The summed E-state index contributed by atoms with van der Waals surface area (Å²) >= 11 is 0. The Hall–Kier alpha value is -2.75. The van der Waals surface area contributed by atoms with Crippen LogP contribution in [0.5, 0.6) is 5.75 Å². The van der Waals surface area contributed by atoms with E-state index in [9.17, 15) is 18.1 Å². The number of nitrogens with one attached hydrogen (secondary N) is 2. The number of nitroso groups, excluding NO2 is 1. The molecule has 27 heavy (non-hydrogen) atoms. The van der Waals surface area contributed by atoms with Crippen LogP contribution in [0.2, 0.25) is 0 Å². The fourth-order valence-corrected chi connectivity index (χ4v) is 3.13. The van der Waals surface area contributed by atoms with Crippen LogP contribution in [-0.2, 0) is 4.74 Å². The highest BCUT2D eigenvalue weighted by molar-refractivity contribution is 5.76. The molecule has 0 bridgehead atoms. The van der Waals surface area contributed by atoms with E-state index in [1.54, 1.807) is 12.1 Å². The molecule has 7 nitrogen and oxygen atoms in total. The monoisotopic (exact) mass is 382 g/mol. The molecule has 0 amide bonds. The Balaban J connectivity index is 1.49. The first-order valence-electron chi connectivity index (χ1n) is 8.33. The van der Waals surface area contributed by atoms with E-state index < -0.39 is 17.3 Å². The van der Waals surface area contributed by atoms with Crippen molar-refractivity contribution in [3.8, 4) is 5.75 Å². The molecule has 144 valence electrons. The molecule has 10 heteroatoms. The van der Waals surface area contributed by atoms with Gasteiger partial charge in [-0.3, -0.25) is 0 Å². The lowest BCUT2D eigenvalue weighted by molar-refractivity contribution is -0.0931. The van der Waals surface area contributed by atoms with Gasteiger partial charge >= 0.3 is 6.18 Å². The number of hydrogen-bond donors (Lipinski definition) is 2. The summed E-state index contributed by atoms with van der Waals surface area (Å²) in [5.41, 5.74) is 0.319. The van der Waals surface area contributed by atoms with Gasteiger partial charge in [-0.15, -0.1) is 4.91 Å². The largest absolute Gasteiger partial charge is 0.441 e. The molecule has 2 N–H and O–H groups in total. The van der Waals surface area contributed by atoms with Crippen LogP contribution in [0.4, 0.5) is 24.5 Å². The molecular weight excluding hydrogens is 365 g/mol. The number of benzene rings is 1. The van der Waals surface area contributed by atoms with Gasteiger partial charge in [-0.25, -0.2) is 0 Å². The lowest BCUT2D eigenvalue weighted by Gasteiger charge is -2.37. The first kappa shape index (κ1) is 17.7. The van der Waals surface area contributed by atoms with Crippen molar-refractivity contribution in [2.45, 2.75) is 11.7 Å². The maximum atomic E-state index is 12.7. The molecule has 1 aromatic carbocycles. The highest BCUT2D eigenvalue weighted by Crippen LogP contribution is 2.37. The van der Waals surface area contributed by atoms with Gasteiger partial charge in [-0.05, 0) is 24.3 Å². The van der Waals surface area contributed by atoms with Gasteiger partial charge in [-0.2, -0.15) is 13.2 Å². The molecule has 0 spiro atoms. The number of dihydropyridines is 1. The Labute approximate surface area is 152 Å². The van der Waals surface area contributed by atoms with Crippen LogP contribution in [0, 0.1) is 4.91 Å². The number of ether oxygens (including phenoxy) is 2. The number of nitrogens with zero attached hydrogens (tertiary/aromatic N) is 2. The number of anilines is 2. The highest BCUT2D eigenvalue weighted by Gasteiger charge is 2.43. The average Bonchev–Trinajstić information content (AvgIpc) is 3.00. The third-order valence-electron chi connectivity index (χ3n) is 4.67. The molecule has 3 aliphatic rings. The van der Waals surface area contributed by atoms with Crippen LogP contribution in [0.1, 0.15) is 0 Å². The van der Waals surface area contributed by atoms with Gasteiger partial charge in [0.05, 0.1) is 43.4 Å². The second-order valence-corrected chi connectivity index (χ2v) is 6.70. The molecule has 3 heterocycles. The van der Waals surface area contributed by atoms with Gasteiger partial charge in [0.25, 0.3) is 0 Å². The van der Waals surface area contributed by atoms with E-state index >= 15 is 0 Å². The second kappa shape index (κ2) is 6.45. The standard InChI is InChI=1S/C17H17F3N4O3/c18-17(19,20)11-1-4-15(21-6-11)27-12-2-3-13-14(5-12)24(10-22-13)7-16(23-25)8-26-9-16/h1-5,21-22H,6-10H2. The molecule has 0 unspecified atom stereocenters. The van der Waals surface area contributed by atoms with Gasteiger partial charge in [-0.1, -0.05) is 5.18 Å². The quantitative estimate of drug-likeness (QED) is 0.763. The fraction of sp³-hybridized carbons (Fsp3) is 0.412. The van der Waals surface area contributed by atoms with Crippen molar-refractivity contribution in [1.29, 1.82) is 0 Å². The second-order valence-electron chi connectivity index (χ2n) is 6.70. The molecule has 0 aliphatic carbocycles. The average molecular weight is 382 g/mol. The van der Waals surface area contributed by atoms with E-state index in [4.69, 9.17) is 9.47 Å². The molecular formula is C17H17F3N4O3. The first-order valence-corrected chi connectivity index (χ1v) is 8.33. The van der Waals surface area contributed by atoms with E-state index in [2.05, 4.69) is 15.8 Å². The van der Waals surface area contributed by atoms with Crippen molar-refractivity contribution in [1.82, 2.24) is 5.32 Å². The van der Waals surface area contributed by atoms with Crippen LogP contribution in [0.3, 0.4) is 0 Å². The zero-order valence-corrected chi connectivity index (χ0v) is 14.2. The predicted octanol–water partition coefficient (Wildman–Crippen LogP) is 2.72. The molecule has 0 radical (unpaired) electrons. The predicted molar refractivity (Wildman–Crippen MR) is 92.5 cm³/mol. The minimum Gasteiger partial charge on any atom is -0.441 e. The van der Waals surface area contributed by atoms with Crippen LogP contribution in [0.25, 0.3) is 0 Å². The lowest BCUT2D eigenvalue weighted by atomic mass is 9.98. The van der Waals surface area contributed by atoms with Crippen LogP contribution in [0.15, 0.2) is 47.0 Å². The third-order valence-corrected chi connectivity index (χ3v) is 4.67. The van der Waals surface area contributed by atoms with E-state index in [0.717, 1.165) is 17.5 Å². The van der Waals surface area contributed by atoms with Gasteiger partial charge in [0.15, 0.2) is 11.4 Å². The van der Waals surface area contributed by atoms with Gasteiger partial charge in [0.2, 0.25) is 0 Å². The number of alkyl halides is 3. The topological polar surface area (TPSA) is 75.2 Å². The van der Waals surface area contributed by atoms with Crippen LogP contribution in [-0.4, -0.2) is 44.7 Å². The number of fused-ring (bicyclic) bond motifs is 1. The fourth-order valence-electron chi connectivity index (χ4n) is 3.13. The normalized spacial score (nSPS) is 20.5. The SMILES string of the molecule is O=NC1(CN2CNc3ccc(OC4=CC=C(C(F)(F)F)CN4)cc32)COC1. The number of allylic oxidation sites excluding steroid dienone is 2. The van der Waals surface area contributed by atoms with E-state index in [1.165, 1.54) is 6.08 Å². The Morgan fingerprint density at radius 3 is 2.67 bits per heavy atom. The molecule has 3 aliphatic heterocycles. The minimum absolute atomic E-state index is 0.235. The minimum atomic E-state index is -4.36. The van der Waals surface area contributed by atoms with Crippen molar-refractivity contribution in [3.63, 3.8) is 0 Å². The van der Waals surface area contributed by atoms with Crippen molar-refractivity contribution in [2.75, 3.05) is 43.2 Å². The third kappa shape index (κ3) is 3.44. The van der Waals surface area contributed by atoms with E-state index in [1.807, 2.05) is 11.0 Å². The smallest absolute Gasteiger partial charge is 0.414 e. The maximum Gasteiger partial charge on any atom is 0.414 e. The summed E-state index contributed by atoms with van der Waals surface area (Å²) in [4.78, 5) is 13.1. The maximum absolute atomic E-state index is 12.7. The summed E-state index contributed by atoms with van der Waals surface area (Å²) in [6.07, 6.45) is -2.10. The zero-order valence-electron chi connectivity index (χ0n) is 14.2. The summed E-state index contributed by atoms with van der Waals surface area (Å²) in [7, 11) is 0. The summed E-state index contributed by atoms with van der Waals surface area (Å²) in [6, 6.07) is 5.32. The summed E-state index contributed by atoms with van der Waals surface area (Å²) < 4.78 is 48.7. The molecule has 4 rings (SSSR count). The molecule has 0 saturated carbocycles. The van der Waals surface area contributed by atoms with Crippen molar-refractivity contribution in [2.24, 2.45) is 5.18 Å². The van der Waals surface area contributed by atoms with Crippen LogP contribution < -0.4 is 20.3 Å². The summed E-state index contributed by atoms with van der Waals surface area (Å²) in [5, 5.41) is 9.05. The summed E-state index contributed by atoms with van der Waals surface area (Å²) in [5.74, 6) is 0.710. The van der Waals surface area contributed by atoms with Crippen molar-refractivity contribution in [3.05, 3.63) is 46.7 Å². The van der Waals surface area contributed by atoms with Gasteiger partial charge < -0.3 is 25.0 Å². The van der Waals surface area contributed by atoms with Gasteiger partial charge in [0, 0.05) is 12.6 Å². The molecule has 0 atom stereocenters. The Kier molecular flexibility index (Phi) is 4.22. The molecule has 1 saturated heterocycles. The van der Waals surface area contributed by atoms with Crippen molar-refractivity contribution >= 4 is 11.4 Å². The molecule has 0 aromatic heterocycles. The molecule has 1 aromatic rings. The van der Waals surface area contributed by atoms with E-state index in [-0.39, 0.29) is 12.4 Å². The highest BCUT2D eigenvalue weighted by atomic mass is 19.4. The lowest BCUT2D eigenvalue weighted by Crippen LogP contribution is -2.55.